The lowest BCUT2D eigenvalue weighted by Crippen LogP contribution is -2.24. The van der Waals surface area contributed by atoms with Crippen LogP contribution in [0, 0.1) is 19.7 Å². The van der Waals surface area contributed by atoms with Gasteiger partial charge in [-0.15, -0.1) is 0 Å². The highest BCUT2D eigenvalue weighted by molar-refractivity contribution is 7.89. The van der Waals surface area contributed by atoms with E-state index in [0.717, 1.165) is 4.31 Å². The van der Waals surface area contributed by atoms with Crippen molar-refractivity contribution in [3.63, 3.8) is 0 Å². The fraction of sp³-hybridized carbons (Fsp3) is 0.182. The molecule has 0 fully saturated rings. The predicted molar refractivity (Wildman–Crippen MR) is 115 cm³/mol. The molecule has 0 spiro atoms. The fourth-order valence-electron chi connectivity index (χ4n) is 2.76. The second-order valence-corrected chi connectivity index (χ2v) is 9.22. The molecule has 0 atom stereocenters. The summed E-state index contributed by atoms with van der Waals surface area (Å²) in [5, 5.41) is 2.70. The Kier molecular flexibility index (Phi) is 6.37. The highest BCUT2D eigenvalue weighted by atomic mass is 32.2. The zero-order chi connectivity index (χ0) is 22.8. The lowest BCUT2D eigenvalue weighted by Gasteiger charge is -2.16. The first-order chi connectivity index (χ1) is 14.6. The first-order valence-corrected chi connectivity index (χ1v) is 10.8. The number of carbonyl (C=O) groups is 1. The van der Waals surface area contributed by atoms with Crippen LogP contribution in [0.25, 0.3) is 0 Å². The third-order valence-corrected chi connectivity index (χ3v) is 6.61. The maximum absolute atomic E-state index is 13.0. The number of hydrogen-bond donors (Lipinski definition) is 1. The molecule has 0 unspecified atom stereocenters. The number of hydrogen-bond acceptors (Lipinski definition) is 5. The van der Waals surface area contributed by atoms with E-state index in [2.05, 4.69) is 10.3 Å². The van der Waals surface area contributed by atoms with Gasteiger partial charge in [-0.25, -0.2) is 22.1 Å². The lowest BCUT2D eigenvalue weighted by molar-refractivity contribution is 0.102. The Morgan fingerprint density at radius 1 is 1.06 bits per heavy atom. The van der Waals surface area contributed by atoms with Crippen LogP contribution in [0.3, 0.4) is 0 Å². The standard InChI is InChI=1S/C22H22FN3O4S/c1-14-11-16(12-20(15(14)2)31(28,29)26(3)4)22(27)25-18-7-10-21(24-13-18)30-19-8-5-17(23)6-9-19/h5-13H,1-4H3,(H,25,27). The molecular formula is C22H22FN3O4S. The van der Waals surface area contributed by atoms with Gasteiger partial charge in [-0.05, 0) is 67.4 Å². The van der Waals surface area contributed by atoms with Crippen molar-refractivity contribution in [2.24, 2.45) is 0 Å². The van der Waals surface area contributed by atoms with Crippen molar-refractivity contribution in [3.05, 3.63) is 77.2 Å². The summed E-state index contributed by atoms with van der Waals surface area (Å²) in [6, 6.07) is 11.7. The minimum absolute atomic E-state index is 0.0869. The van der Waals surface area contributed by atoms with Gasteiger partial charge in [0.15, 0.2) is 0 Å². The van der Waals surface area contributed by atoms with Crippen LogP contribution in [0.2, 0.25) is 0 Å². The predicted octanol–water partition coefficient (Wildman–Crippen LogP) is 4.13. The topological polar surface area (TPSA) is 88.6 Å². The number of pyridine rings is 1. The zero-order valence-electron chi connectivity index (χ0n) is 17.5. The number of halogens is 1. The van der Waals surface area contributed by atoms with Crippen molar-refractivity contribution in [2.75, 3.05) is 19.4 Å². The number of carbonyl (C=O) groups excluding carboxylic acids is 1. The molecule has 3 rings (SSSR count). The van der Waals surface area contributed by atoms with Crippen LogP contribution < -0.4 is 10.1 Å². The normalized spacial score (nSPS) is 11.4. The summed E-state index contributed by atoms with van der Waals surface area (Å²) in [4.78, 5) is 16.9. The van der Waals surface area contributed by atoms with Gasteiger partial charge < -0.3 is 10.1 Å². The summed E-state index contributed by atoms with van der Waals surface area (Å²) in [6.45, 7) is 3.46. The number of anilines is 1. The molecule has 1 amide bonds. The molecule has 0 aliphatic carbocycles. The third kappa shape index (κ3) is 5.07. The number of sulfonamides is 1. The SMILES string of the molecule is Cc1cc(C(=O)Nc2ccc(Oc3ccc(F)cc3)nc2)cc(S(=O)(=O)N(C)C)c1C. The quantitative estimate of drug-likeness (QED) is 0.619. The van der Waals surface area contributed by atoms with Gasteiger partial charge in [0, 0.05) is 25.7 Å². The van der Waals surface area contributed by atoms with Crippen LogP contribution in [0.15, 0.2) is 59.6 Å². The molecular weight excluding hydrogens is 421 g/mol. The number of nitrogens with one attached hydrogen (secondary N) is 1. The van der Waals surface area contributed by atoms with E-state index in [4.69, 9.17) is 4.74 Å². The average Bonchev–Trinajstić information content (AvgIpc) is 2.72. The molecule has 2 aromatic carbocycles. The van der Waals surface area contributed by atoms with Gasteiger partial charge in [0.2, 0.25) is 15.9 Å². The summed E-state index contributed by atoms with van der Waals surface area (Å²) in [7, 11) is -0.811. The van der Waals surface area contributed by atoms with Gasteiger partial charge in [-0.3, -0.25) is 4.79 Å². The molecule has 0 bridgehead atoms. The molecule has 1 heterocycles. The van der Waals surface area contributed by atoms with Crippen LogP contribution in [0.1, 0.15) is 21.5 Å². The maximum Gasteiger partial charge on any atom is 0.255 e. The number of aromatic nitrogens is 1. The Morgan fingerprint density at radius 3 is 2.32 bits per heavy atom. The lowest BCUT2D eigenvalue weighted by atomic mass is 10.1. The first-order valence-electron chi connectivity index (χ1n) is 9.32. The second kappa shape index (κ2) is 8.83. The largest absolute Gasteiger partial charge is 0.439 e. The van der Waals surface area contributed by atoms with E-state index < -0.39 is 15.9 Å². The van der Waals surface area contributed by atoms with Gasteiger partial charge in [-0.1, -0.05) is 0 Å². The van der Waals surface area contributed by atoms with Crippen molar-refractivity contribution in [1.82, 2.24) is 9.29 Å². The van der Waals surface area contributed by atoms with Gasteiger partial charge in [-0.2, -0.15) is 0 Å². The van der Waals surface area contributed by atoms with Crippen molar-refractivity contribution in [2.45, 2.75) is 18.7 Å². The van der Waals surface area contributed by atoms with Crippen LogP contribution in [-0.2, 0) is 10.0 Å². The van der Waals surface area contributed by atoms with E-state index in [1.165, 1.54) is 50.6 Å². The van der Waals surface area contributed by atoms with Crippen LogP contribution >= 0.6 is 0 Å². The summed E-state index contributed by atoms with van der Waals surface area (Å²) >= 11 is 0. The van der Waals surface area contributed by atoms with Crippen LogP contribution in [0.4, 0.5) is 10.1 Å². The number of benzene rings is 2. The van der Waals surface area contributed by atoms with Gasteiger partial charge in [0.1, 0.15) is 11.6 Å². The minimum atomic E-state index is -3.70. The number of nitrogens with zero attached hydrogens (tertiary/aromatic N) is 2. The van der Waals surface area contributed by atoms with E-state index in [1.54, 1.807) is 32.0 Å². The summed E-state index contributed by atoms with van der Waals surface area (Å²) in [5.41, 5.74) is 1.91. The second-order valence-electron chi connectivity index (χ2n) is 7.10. The summed E-state index contributed by atoms with van der Waals surface area (Å²) in [5.74, 6) is -0.135. The van der Waals surface area contributed by atoms with E-state index in [0.29, 0.717) is 22.6 Å². The Labute approximate surface area is 180 Å². The minimum Gasteiger partial charge on any atom is -0.439 e. The van der Waals surface area contributed by atoms with Crippen molar-refractivity contribution < 1.29 is 22.3 Å². The molecule has 0 saturated carbocycles. The van der Waals surface area contributed by atoms with E-state index in [9.17, 15) is 17.6 Å². The zero-order valence-corrected chi connectivity index (χ0v) is 18.3. The number of rotatable bonds is 6. The molecule has 0 aliphatic rings. The van der Waals surface area contributed by atoms with Crippen molar-refractivity contribution in [3.8, 4) is 11.6 Å². The average molecular weight is 444 g/mol. The molecule has 162 valence electrons. The van der Waals surface area contributed by atoms with Gasteiger partial charge in [0.25, 0.3) is 5.91 Å². The smallest absolute Gasteiger partial charge is 0.255 e. The third-order valence-electron chi connectivity index (χ3n) is 4.67. The first kappa shape index (κ1) is 22.4. The molecule has 3 aromatic rings. The van der Waals surface area contributed by atoms with Crippen LogP contribution in [0.5, 0.6) is 11.6 Å². The molecule has 1 aromatic heterocycles. The summed E-state index contributed by atoms with van der Waals surface area (Å²) in [6.07, 6.45) is 1.41. The number of aryl methyl sites for hydroxylation is 1. The molecule has 7 nitrogen and oxygen atoms in total. The number of amides is 1. The number of ether oxygens (including phenoxy) is 1. The fourth-order valence-corrected chi connectivity index (χ4v) is 3.98. The highest BCUT2D eigenvalue weighted by Gasteiger charge is 2.23. The molecule has 0 radical (unpaired) electrons. The van der Waals surface area contributed by atoms with Gasteiger partial charge in [0.05, 0.1) is 16.8 Å². The Balaban J connectivity index is 1.78. The Bertz CT molecular complexity index is 1210. The molecule has 0 aliphatic heterocycles. The maximum atomic E-state index is 13.0. The Morgan fingerprint density at radius 2 is 1.74 bits per heavy atom. The Hall–Kier alpha value is -3.30. The molecule has 0 saturated heterocycles. The van der Waals surface area contributed by atoms with Crippen LogP contribution in [-0.4, -0.2) is 37.7 Å². The molecule has 31 heavy (non-hydrogen) atoms. The van der Waals surface area contributed by atoms with E-state index in [-0.39, 0.29) is 22.2 Å². The van der Waals surface area contributed by atoms with Crippen molar-refractivity contribution >= 4 is 21.6 Å². The molecule has 9 heteroatoms. The van der Waals surface area contributed by atoms with E-state index >= 15 is 0 Å². The van der Waals surface area contributed by atoms with Gasteiger partial charge >= 0.3 is 0 Å². The summed E-state index contributed by atoms with van der Waals surface area (Å²) < 4.78 is 44.8. The van der Waals surface area contributed by atoms with Crippen molar-refractivity contribution in [1.29, 1.82) is 0 Å². The monoisotopic (exact) mass is 443 g/mol. The molecule has 1 N–H and O–H groups in total. The van der Waals surface area contributed by atoms with E-state index in [1.807, 2.05) is 0 Å². The highest BCUT2D eigenvalue weighted by Crippen LogP contribution is 2.25.